The first-order valence-corrected chi connectivity index (χ1v) is 9.02. The fourth-order valence-electron chi connectivity index (χ4n) is 3.20. The lowest BCUT2D eigenvalue weighted by atomic mass is 9.91. The van der Waals surface area contributed by atoms with Gasteiger partial charge in [-0.2, -0.15) is 0 Å². The van der Waals surface area contributed by atoms with Gasteiger partial charge in [0.2, 0.25) is 5.91 Å². The van der Waals surface area contributed by atoms with Crippen LogP contribution in [-0.2, 0) is 9.59 Å². The molecule has 0 aliphatic carbocycles. The number of piperidine rings is 1. The second-order valence-corrected chi connectivity index (χ2v) is 7.52. The van der Waals surface area contributed by atoms with Gasteiger partial charge in [0.25, 0.3) is 5.91 Å². The number of halogens is 1. The number of hydrogen-bond donors (Lipinski definition) is 1. The van der Waals surface area contributed by atoms with Crippen LogP contribution in [0.15, 0.2) is 22.7 Å². The van der Waals surface area contributed by atoms with Crippen molar-refractivity contribution in [3.05, 3.63) is 28.2 Å². The molecule has 5 nitrogen and oxygen atoms in total. The summed E-state index contributed by atoms with van der Waals surface area (Å²) in [5.74, 6) is 0.602. The summed E-state index contributed by atoms with van der Waals surface area (Å²) in [5, 5.41) is 2.75. The van der Waals surface area contributed by atoms with Crippen LogP contribution in [0.4, 0.5) is 5.69 Å². The molecule has 24 heavy (non-hydrogen) atoms. The predicted octanol–water partition coefficient (Wildman–Crippen LogP) is 3.48. The van der Waals surface area contributed by atoms with E-state index in [1.165, 1.54) is 0 Å². The summed E-state index contributed by atoms with van der Waals surface area (Å²) in [5.41, 5.74) is 0.968. The Kier molecular flexibility index (Phi) is 6.54. The van der Waals surface area contributed by atoms with E-state index in [9.17, 15) is 14.4 Å². The lowest BCUT2D eigenvalue weighted by Gasteiger charge is -2.35. The van der Waals surface area contributed by atoms with Crippen molar-refractivity contribution in [2.45, 2.75) is 33.1 Å². The van der Waals surface area contributed by atoms with Gasteiger partial charge in [0.05, 0.1) is 11.3 Å². The fraction of sp³-hybridized carbons (Fsp3) is 0.500. The van der Waals surface area contributed by atoms with E-state index >= 15 is 0 Å². The second-order valence-electron chi connectivity index (χ2n) is 6.60. The Morgan fingerprint density at radius 2 is 1.96 bits per heavy atom. The number of carbonyl (C=O) groups is 3. The Balaban J connectivity index is 2.21. The molecule has 6 heteroatoms. The highest BCUT2D eigenvalue weighted by atomic mass is 79.9. The average molecular weight is 395 g/mol. The van der Waals surface area contributed by atoms with Gasteiger partial charge in [-0.1, -0.05) is 29.8 Å². The van der Waals surface area contributed by atoms with E-state index in [0.717, 1.165) is 24.0 Å². The molecule has 0 saturated carbocycles. The Bertz CT molecular complexity index is 623. The molecule has 2 atom stereocenters. The highest BCUT2D eigenvalue weighted by molar-refractivity contribution is 9.10. The van der Waals surface area contributed by atoms with E-state index in [1.807, 2.05) is 4.90 Å². The summed E-state index contributed by atoms with van der Waals surface area (Å²) in [6.45, 7) is 5.76. The van der Waals surface area contributed by atoms with Gasteiger partial charge in [0.1, 0.15) is 6.29 Å². The van der Waals surface area contributed by atoms with E-state index in [2.05, 4.69) is 35.1 Å². The molecular formula is C18H23BrN2O3. The molecule has 2 rings (SSSR count). The van der Waals surface area contributed by atoms with Crippen LogP contribution in [0, 0.1) is 11.8 Å². The minimum Gasteiger partial charge on any atom is -0.338 e. The van der Waals surface area contributed by atoms with E-state index < -0.39 is 0 Å². The van der Waals surface area contributed by atoms with Crippen molar-refractivity contribution in [3.8, 4) is 0 Å². The normalized spacial score (nSPS) is 20.5. The summed E-state index contributed by atoms with van der Waals surface area (Å²) in [6, 6.07) is 5.24. The maximum atomic E-state index is 13.0. The number of carbonyl (C=O) groups excluding carboxylic acids is 3. The SMILES string of the molecule is C[C@@H]1C[C@H](C)CN(C(=O)c2cc(Br)ccc2NC(=O)CCC=O)C1. The molecule has 1 aliphatic rings. The lowest BCUT2D eigenvalue weighted by molar-refractivity contribution is -0.118. The Morgan fingerprint density at radius 1 is 1.29 bits per heavy atom. The van der Waals surface area contributed by atoms with Gasteiger partial charge in [0.15, 0.2) is 0 Å². The zero-order valence-electron chi connectivity index (χ0n) is 14.0. The molecule has 130 valence electrons. The molecule has 0 bridgehead atoms. The maximum Gasteiger partial charge on any atom is 0.256 e. The van der Waals surface area contributed by atoms with Crippen LogP contribution in [0.2, 0.25) is 0 Å². The van der Waals surface area contributed by atoms with Gasteiger partial charge in [-0.3, -0.25) is 9.59 Å². The molecule has 1 fully saturated rings. The molecule has 0 spiro atoms. The van der Waals surface area contributed by atoms with E-state index in [4.69, 9.17) is 0 Å². The topological polar surface area (TPSA) is 66.5 Å². The van der Waals surface area contributed by atoms with Crippen molar-refractivity contribution in [3.63, 3.8) is 0 Å². The highest BCUT2D eigenvalue weighted by Gasteiger charge is 2.27. The molecule has 2 amide bonds. The first kappa shape index (κ1) is 18.6. The Morgan fingerprint density at radius 3 is 2.58 bits per heavy atom. The Hall–Kier alpha value is -1.69. The highest BCUT2D eigenvalue weighted by Crippen LogP contribution is 2.27. The smallest absolute Gasteiger partial charge is 0.256 e. The van der Waals surface area contributed by atoms with Crippen molar-refractivity contribution in [2.75, 3.05) is 18.4 Å². The van der Waals surface area contributed by atoms with Crippen molar-refractivity contribution in [1.82, 2.24) is 4.90 Å². The number of nitrogens with one attached hydrogen (secondary N) is 1. The number of rotatable bonds is 5. The van der Waals surface area contributed by atoms with E-state index in [1.54, 1.807) is 18.2 Å². The first-order chi connectivity index (χ1) is 11.4. The van der Waals surface area contributed by atoms with Crippen LogP contribution < -0.4 is 5.32 Å². The molecule has 0 radical (unpaired) electrons. The van der Waals surface area contributed by atoms with Crippen LogP contribution in [0.25, 0.3) is 0 Å². The number of amides is 2. The van der Waals surface area contributed by atoms with Crippen molar-refractivity contribution in [2.24, 2.45) is 11.8 Å². The summed E-state index contributed by atoms with van der Waals surface area (Å²) in [4.78, 5) is 37.1. The maximum absolute atomic E-state index is 13.0. The van der Waals surface area contributed by atoms with Crippen LogP contribution in [0.1, 0.15) is 43.5 Å². The Labute approximate surface area is 150 Å². The van der Waals surface area contributed by atoms with Gasteiger partial charge in [-0.15, -0.1) is 0 Å². The third-order valence-corrected chi connectivity index (χ3v) is 4.62. The molecule has 1 aromatic carbocycles. The monoisotopic (exact) mass is 394 g/mol. The predicted molar refractivity (Wildman–Crippen MR) is 96.9 cm³/mol. The lowest BCUT2D eigenvalue weighted by Crippen LogP contribution is -2.42. The third kappa shape index (κ3) is 4.90. The minimum atomic E-state index is -0.265. The molecule has 1 saturated heterocycles. The number of anilines is 1. The van der Waals surface area contributed by atoms with E-state index in [0.29, 0.717) is 29.4 Å². The summed E-state index contributed by atoms with van der Waals surface area (Å²) < 4.78 is 0.787. The molecular weight excluding hydrogens is 372 g/mol. The molecule has 1 N–H and O–H groups in total. The number of hydrogen-bond acceptors (Lipinski definition) is 3. The van der Waals surface area contributed by atoms with Gasteiger partial charge in [-0.25, -0.2) is 0 Å². The molecule has 0 aromatic heterocycles. The zero-order chi connectivity index (χ0) is 17.7. The third-order valence-electron chi connectivity index (χ3n) is 4.13. The standard InChI is InChI=1S/C18H23BrN2O3/c1-12-8-13(2)11-21(10-12)18(24)15-9-14(19)5-6-16(15)20-17(23)4-3-7-22/h5-7,9,12-13H,3-4,8,10-11H2,1-2H3,(H,20,23)/t12-,13+. The fourth-order valence-corrected chi connectivity index (χ4v) is 3.57. The van der Waals surface area contributed by atoms with Crippen LogP contribution in [-0.4, -0.2) is 36.1 Å². The zero-order valence-corrected chi connectivity index (χ0v) is 15.6. The summed E-state index contributed by atoms with van der Waals surface area (Å²) in [7, 11) is 0. The largest absolute Gasteiger partial charge is 0.338 e. The second kappa shape index (κ2) is 8.42. The summed E-state index contributed by atoms with van der Waals surface area (Å²) in [6.07, 6.45) is 2.12. The van der Waals surface area contributed by atoms with Crippen LogP contribution in [0.5, 0.6) is 0 Å². The number of likely N-dealkylation sites (tertiary alicyclic amines) is 1. The van der Waals surface area contributed by atoms with E-state index in [-0.39, 0.29) is 24.7 Å². The molecule has 0 unspecified atom stereocenters. The number of aldehydes is 1. The van der Waals surface area contributed by atoms with Crippen LogP contribution >= 0.6 is 15.9 Å². The van der Waals surface area contributed by atoms with Gasteiger partial charge < -0.3 is 15.0 Å². The van der Waals surface area contributed by atoms with Crippen molar-refractivity contribution >= 4 is 39.7 Å². The van der Waals surface area contributed by atoms with Gasteiger partial charge in [-0.05, 0) is 36.5 Å². The van der Waals surface area contributed by atoms with Crippen molar-refractivity contribution < 1.29 is 14.4 Å². The van der Waals surface area contributed by atoms with Crippen molar-refractivity contribution in [1.29, 1.82) is 0 Å². The quantitative estimate of drug-likeness (QED) is 0.777. The van der Waals surface area contributed by atoms with Gasteiger partial charge in [0, 0.05) is 30.4 Å². The molecule has 1 aliphatic heterocycles. The number of benzene rings is 1. The average Bonchev–Trinajstić information content (AvgIpc) is 2.53. The van der Waals surface area contributed by atoms with Gasteiger partial charge >= 0.3 is 0 Å². The summed E-state index contributed by atoms with van der Waals surface area (Å²) >= 11 is 3.39. The number of nitrogens with zero attached hydrogens (tertiary/aromatic N) is 1. The first-order valence-electron chi connectivity index (χ1n) is 8.23. The minimum absolute atomic E-state index is 0.0691. The van der Waals surface area contributed by atoms with Crippen LogP contribution in [0.3, 0.4) is 0 Å². The molecule has 1 heterocycles. The molecule has 1 aromatic rings.